The molecule has 6 N–H and O–H groups in total. The lowest BCUT2D eigenvalue weighted by molar-refractivity contribution is -0.136. The maximum atomic E-state index is 13.1. The molecule has 0 spiro atoms. The number of hydrogen-bond donors (Lipinski definition) is 5. The highest BCUT2D eigenvalue weighted by molar-refractivity contribution is 6.23. The predicted molar refractivity (Wildman–Crippen MR) is 171 cm³/mol. The van der Waals surface area contributed by atoms with E-state index in [1.807, 2.05) is 12.3 Å². The second-order valence-corrected chi connectivity index (χ2v) is 12.6. The Morgan fingerprint density at radius 2 is 1.89 bits per heavy atom. The van der Waals surface area contributed by atoms with Crippen molar-refractivity contribution in [1.82, 2.24) is 15.2 Å². The van der Waals surface area contributed by atoms with Crippen LogP contribution in [0, 0.1) is 17.2 Å². The van der Waals surface area contributed by atoms with Crippen LogP contribution in [0.4, 0.5) is 11.4 Å². The number of anilines is 2. The van der Waals surface area contributed by atoms with Crippen LogP contribution in [0.2, 0.25) is 0 Å². The summed E-state index contributed by atoms with van der Waals surface area (Å²) in [5.74, 6) is -1.32. The first-order valence-corrected chi connectivity index (χ1v) is 15.5. The second-order valence-electron chi connectivity index (χ2n) is 12.6. The van der Waals surface area contributed by atoms with E-state index in [1.54, 1.807) is 24.4 Å². The molecule has 2 aromatic rings. The van der Waals surface area contributed by atoms with Crippen molar-refractivity contribution in [2.45, 2.75) is 70.5 Å². The molecule has 4 aliphatic rings. The van der Waals surface area contributed by atoms with Gasteiger partial charge in [-0.05, 0) is 82.1 Å². The predicted octanol–water partition coefficient (Wildman–Crippen LogP) is 3.34. The zero-order valence-corrected chi connectivity index (χ0v) is 25.4. The molecule has 1 aromatic carbocycles. The monoisotopic (exact) mass is 610 g/mol. The molecular formula is C33H38N8O4. The Labute approximate surface area is 261 Å². The topological polar surface area (TPSA) is 183 Å². The summed E-state index contributed by atoms with van der Waals surface area (Å²) in [6.45, 7) is 4.79. The van der Waals surface area contributed by atoms with Gasteiger partial charge in [0.1, 0.15) is 6.04 Å². The van der Waals surface area contributed by atoms with Gasteiger partial charge in [0.15, 0.2) is 0 Å². The van der Waals surface area contributed by atoms with E-state index >= 15 is 0 Å². The van der Waals surface area contributed by atoms with Gasteiger partial charge in [-0.1, -0.05) is 0 Å². The molecule has 1 aromatic heterocycles. The number of amides is 4. The first-order chi connectivity index (χ1) is 21.6. The van der Waals surface area contributed by atoms with Crippen molar-refractivity contribution >= 4 is 53.0 Å². The van der Waals surface area contributed by atoms with Crippen LogP contribution in [0.5, 0.6) is 0 Å². The molecule has 2 saturated carbocycles. The van der Waals surface area contributed by atoms with Crippen LogP contribution in [0.25, 0.3) is 5.57 Å². The molecule has 12 nitrogen and oxygen atoms in total. The van der Waals surface area contributed by atoms with Crippen molar-refractivity contribution < 1.29 is 19.2 Å². The molecule has 3 heterocycles. The van der Waals surface area contributed by atoms with Crippen molar-refractivity contribution in [3.05, 3.63) is 58.5 Å². The number of fused-ring (bicyclic) bond motifs is 1. The lowest BCUT2D eigenvalue weighted by atomic mass is 9.80. The molecule has 1 atom stereocenters. The molecule has 234 valence electrons. The SMILES string of the molecule is CC(C)Nc1cc(C(C=NC2CC(CNc3ccc4c(c3)C(=O)N(C3CCC(=O)NC3=O)C4=O)C2)=C(N)C2CC2)ncc1C=N. The Morgan fingerprint density at radius 1 is 1.13 bits per heavy atom. The van der Waals surface area contributed by atoms with E-state index in [4.69, 9.17) is 16.1 Å². The van der Waals surface area contributed by atoms with Crippen LogP contribution in [-0.4, -0.2) is 70.6 Å². The first-order valence-electron chi connectivity index (χ1n) is 15.5. The minimum Gasteiger partial charge on any atom is -0.401 e. The van der Waals surface area contributed by atoms with Crippen molar-refractivity contribution in [2.24, 2.45) is 22.6 Å². The maximum absolute atomic E-state index is 13.1. The van der Waals surface area contributed by atoms with Gasteiger partial charge in [-0.3, -0.25) is 39.4 Å². The standard InChI is InChI=1S/C33H38N8O4/c1-17(2)39-26-12-27(38-15-20(26)13-34)25(30(35)19-3-4-19)16-37-22-9-18(10-22)14-36-21-5-6-23-24(11-21)33(45)41(32(23)44)28-7-8-29(42)40-31(28)43/h5-6,11-13,15-19,22,28,34,36H,3-4,7-10,14,35H2,1-2H3,(H,38,39)(H,40,42,43). The minimum absolute atomic E-state index is 0.0841. The lowest BCUT2D eigenvalue weighted by Crippen LogP contribution is -2.54. The van der Waals surface area contributed by atoms with Gasteiger partial charge in [0.2, 0.25) is 11.8 Å². The molecule has 3 fully saturated rings. The summed E-state index contributed by atoms with van der Waals surface area (Å²) in [5.41, 5.74) is 11.8. The summed E-state index contributed by atoms with van der Waals surface area (Å²) < 4.78 is 0. The third-order valence-electron chi connectivity index (χ3n) is 8.80. The average Bonchev–Trinajstić information content (AvgIpc) is 3.81. The number of aromatic nitrogens is 1. The second kappa shape index (κ2) is 12.3. The van der Waals surface area contributed by atoms with Crippen LogP contribution in [0.3, 0.4) is 0 Å². The highest BCUT2D eigenvalue weighted by Crippen LogP contribution is 2.38. The number of carbonyl (C=O) groups is 4. The molecule has 4 amide bonds. The number of nitrogens with one attached hydrogen (secondary N) is 4. The van der Waals surface area contributed by atoms with Crippen LogP contribution >= 0.6 is 0 Å². The zero-order chi connectivity index (χ0) is 31.8. The van der Waals surface area contributed by atoms with E-state index in [9.17, 15) is 19.2 Å². The van der Waals surface area contributed by atoms with Gasteiger partial charge in [-0.25, -0.2) is 0 Å². The molecule has 0 radical (unpaired) electrons. The highest BCUT2D eigenvalue weighted by Gasteiger charge is 2.44. The number of rotatable bonds is 11. The maximum Gasteiger partial charge on any atom is 0.262 e. The highest BCUT2D eigenvalue weighted by atomic mass is 16.2. The van der Waals surface area contributed by atoms with Crippen LogP contribution in [0.15, 0.2) is 41.2 Å². The average molecular weight is 611 g/mol. The van der Waals surface area contributed by atoms with Gasteiger partial charge >= 0.3 is 0 Å². The normalized spacial score (nSPS) is 23.5. The first kappa shape index (κ1) is 30.2. The molecule has 2 aliphatic heterocycles. The number of benzene rings is 1. The summed E-state index contributed by atoms with van der Waals surface area (Å²) in [7, 11) is 0. The lowest BCUT2D eigenvalue weighted by Gasteiger charge is -2.33. The van der Waals surface area contributed by atoms with Gasteiger partial charge in [0.25, 0.3) is 11.8 Å². The summed E-state index contributed by atoms with van der Waals surface area (Å²) in [4.78, 5) is 60.4. The van der Waals surface area contributed by atoms with E-state index in [0.29, 0.717) is 23.9 Å². The molecular weight excluding hydrogens is 572 g/mol. The Balaban J connectivity index is 1.07. The smallest absolute Gasteiger partial charge is 0.262 e. The quantitative estimate of drug-likeness (QED) is 0.190. The number of nitrogens with zero attached hydrogens (tertiary/aromatic N) is 3. The number of carbonyl (C=O) groups excluding carboxylic acids is 4. The number of nitrogens with two attached hydrogens (primary N) is 1. The van der Waals surface area contributed by atoms with Crippen LogP contribution in [-0.2, 0) is 9.59 Å². The number of piperidine rings is 1. The van der Waals surface area contributed by atoms with Crippen LogP contribution < -0.4 is 21.7 Å². The Hall–Kier alpha value is -4.87. The Bertz CT molecular complexity index is 1640. The van der Waals surface area contributed by atoms with Crippen molar-refractivity contribution in [2.75, 3.05) is 17.2 Å². The fourth-order valence-corrected chi connectivity index (χ4v) is 6.08. The van der Waals surface area contributed by atoms with E-state index in [-0.39, 0.29) is 36.1 Å². The van der Waals surface area contributed by atoms with Gasteiger partial charge < -0.3 is 21.8 Å². The zero-order valence-electron chi connectivity index (χ0n) is 25.4. The van der Waals surface area contributed by atoms with Crippen molar-refractivity contribution in [1.29, 1.82) is 5.41 Å². The van der Waals surface area contributed by atoms with Gasteiger partial charge in [0, 0.05) is 65.8 Å². The summed E-state index contributed by atoms with van der Waals surface area (Å²) in [5, 5.41) is 16.7. The largest absolute Gasteiger partial charge is 0.401 e. The summed E-state index contributed by atoms with van der Waals surface area (Å²) in [6.07, 6.45) is 8.98. The molecule has 1 saturated heterocycles. The fourth-order valence-electron chi connectivity index (χ4n) is 6.08. The van der Waals surface area contributed by atoms with Crippen molar-refractivity contribution in [3.63, 3.8) is 0 Å². The Kier molecular flexibility index (Phi) is 8.22. The number of allylic oxidation sites excluding steroid dienone is 2. The summed E-state index contributed by atoms with van der Waals surface area (Å²) >= 11 is 0. The molecule has 0 bridgehead atoms. The van der Waals surface area contributed by atoms with E-state index in [0.717, 1.165) is 58.9 Å². The minimum atomic E-state index is -0.982. The van der Waals surface area contributed by atoms with E-state index in [1.165, 1.54) is 6.21 Å². The van der Waals surface area contributed by atoms with Gasteiger partial charge in [0.05, 0.1) is 22.9 Å². The molecule has 45 heavy (non-hydrogen) atoms. The van der Waals surface area contributed by atoms with Gasteiger partial charge in [-0.15, -0.1) is 0 Å². The molecule has 1 unspecified atom stereocenters. The van der Waals surface area contributed by atoms with Gasteiger partial charge in [-0.2, -0.15) is 0 Å². The molecule has 12 heteroatoms. The fraction of sp³-hybridized carbons (Fsp3) is 0.424. The van der Waals surface area contributed by atoms with Crippen LogP contribution in [0.1, 0.15) is 84.3 Å². The third kappa shape index (κ3) is 6.22. The van der Waals surface area contributed by atoms with E-state index in [2.05, 4.69) is 34.8 Å². The Morgan fingerprint density at radius 3 is 2.58 bits per heavy atom. The molecule has 2 aliphatic carbocycles. The number of aliphatic imine (C=N–C) groups is 1. The number of pyridine rings is 1. The van der Waals surface area contributed by atoms with Crippen molar-refractivity contribution in [3.8, 4) is 0 Å². The number of imide groups is 2. The summed E-state index contributed by atoms with van der Waals surface area (Å²) in [6, 6.07) is 6.37. The molecule has 6 rings (SSSR count). The van der Waals surface area contributed by atoms with E-state index < -0.39 is 29.7 Å². The number of hydrogen-bond acceptors (Lipinski definition) is 10. The third-order valence-corrected chi connectivity index (χ3v) is 8.80.